The van der Waals surface area contributed by atoms with Crippen molar-refractivity contribution in [3.8, 4) is 0 Å². The molecule has 0 saturated carbocycles. The smallest absolute Gasteiger partial charge is 0.408 e. The first kappa shape index (κ1) is 46.8. The highest BCUT2D eigenvalue weighted by molar-refractivity contribution is 5.98. The van der Waals surface area contributed by atoms with Gasteiger partial charge in [-0.15, -0.1) is 0 Å². The number of carboxylic acids is 2. The maximum atomic E-state index is 13.5. The summed E-state index contributed by atoms with van der Waals surface area (Å²) < 4.78 is 10.3. The molecule has 1 heterocycles. The van der Waals surface area contributed by atoms with Gasteiger partial charge >= 0.3 is 18.0 Å². The third-order valence-electron chi connectivity index (χ3n) is 8.96. The van der Waals surface area contributed by atoms with Crippen molar-refractivity contribution in [1.29, 1.82) is 0 Å². The zero-order chi connectivity index (χ0) is 43.6. The van der Waals surface area contributed by atoms with E-state index in [1.807, 2.05) is 10.9 Å². The molecule has 1 saturated heterocycles. The van der Waals surface area contributed by atoms with E-state index in [-0.39, 0.29) is 13.2 Å². The molecule has 0 aliphatic carbocycles. The number of rotatable bonds is 22. The van der Waals surface area contributed by atoms with Crippen LogP contribution in [0, 0.1) is 5.92 Å². The molecule has 1 aliphatic heterocycles. The standard InChI is InChI=1S/C38H49N7O14/c1-4-20(2)28(43-38(57)58-19-23-13-9-6-10-14-23)34(53)40-24(15-16-26(47)48)32(51)42-29(21(3)46)35(54)41-25(17-27(49)50)33(52)44-45-37(56)31-30(59-31)36(55)39-18-22-11-7-5-8-12-22/h5-14,20-21,24-25,28-31,46H,4,15-19H2,1-3H3,(H,39,55)(H,40,53)(H,41,54)(H,42,51)(H,43,57)(H,44,52)(H,45,56)(H,47,48)(H,49,50)/t20-,21+,24-,25-,28-,29-,30?,31?/m0/s1. The molecule has 10 N–H and O–H groups in total. The zero-order valence-electron chi connectivity index (χ0n) is 32.5. The van der Waals surface area contributed by atoms with Crippen LogP contribution in [0.5, 0.6) is 0 Å². The summed E-state index contributed by atoms with van der Waals surface area (Å²) in [6.07, 6.45) is -6.89. The van der Waals surface area contributed by atoms with Crippen LogP contribution in [0.4, 0.5) is 4.79 Å². The average molecular weight is 828 g/mol. The number of aliphatic hydroxyl groups is 1. The number of carbonyl (C=O) groups is 9. The summed E-state index contributed by atoms with van der Waals surface area (Å²) >= 11 is 0. The van der Waals surface area contributed by atoms with Gasteiger partial charge in [0.05, 0.1) is 12.5 Å². The molecule has 0 aromatic heterocycles. The number of epoxide rings is 1. The number of aliphatic hydroxyl groups excluding tert-OH is 1. The van der Waals surface area contributed by atoms with Gasteiger partial charge in [0.15, 0.2) is 12.2 Å². The number of nitrogens with one attached hydrogen (secondary N) is 7. The van der Waals surface area contributed by atoms with Crippen LogP contribution in [0.15, 0.2) is 60.7 Å². The molecule has 2 unspecified atom stereocenters. The summed E-state index contributed by atoms with van der Waals surface area (Å²) in [7, 11) is 0. The van der Waals surface area contributed by atoms with E-state index in [9.17, 15) is 58.5 Å². The maximum absolute atomic E-state index is 13.5. The van der Waals surface area contributed by atoms with Crippen molar-refractivity contribution in [2.75, 3.05) is 0 Å². The van der Waals surface area contributed by atoms with E-state index in [1.54, 1.807) is 74.5 Å². The van der Waals surface area contributed by atoms with Gasteiger partial charge in [0.2, 0.25) is 17.7 Å². The molecule has 59 heavy (non-hydrogen) atoms. The minimum Gasteiger partial charge on any atom is -0.481 e. The number of hydrogen-bond donors (Lipinski definition) is 10. The van der Waals surface area contributed by atoms with Crippen molar-refractivity contribution < 1.29 is 67.9 Å². The fraction of sp³-hybridized carbons (Fsp3) is 0.447. The van der Waals surface area contributed by atoms with Gasteiger partial charge in [0, 0.05) is 13.0 Å². The highest BCUT2D eigenvalue weighted by Crippen LogP contribution is 2.22. The lowest BCUT2D eigenvalue weighted by molar-refractivity contribution is -0.142. The fourth-order valence-corrected chi connectivity index (χ4v) is 5.37. The highest BCUT2D eigenvalue weighted by Gasteiger charge is 2.50. The number of carboxylic acid groups (broad SMARTS) is 2. The highest BCUT2D eigenvalue weighted by atomic mass is 16.6. The van der Waals surface area contributed by atoms with Crippen molar-refractivity contribution in [2.24, 2.45) is 5.92 Å². The average Bonchev–Trinajstić information content (AvgIpc) is 4.02. The Balaban J connectivity index is 1.63. The predicted molar refractivity (Wildman–Crippen MR) is 203 cm³/mol. The normalized spacial score (nSPS) is 17.2. The van der Waals surface area contributed by atoms with E-state index < -0.39 is 121 Å². The van der Waals surface area contributed by atoms with Crippen molar-refractivity contribution in [2.45, 2.75) is 102 Å². The Hall–Kier alpha value is -6.61. The minimum absolute atomic E-state index is 0.108. The van der Waals surface area contributed by atoms with E-state index in [4.69, 9.17) is 9.47 Å². The summed E-state index contributed by atoms with van der Waals surface area (Å²) in [5.74, 6) is -9.53. The number of benzene rings is 2. The molecule has 0 radical (unpaired) electrons. The summed E-state index contributed by atoms with van der Waals surface area (Å²) in [5, 5.41) is 40.9. The number of amides is 7. The monoisotopic (exact) mass is 827 g/mol. The molecule has 7 amide bonds. The van der Waals surface area contributed by atoms with Gasteiger partial charge in [0.1, 0.15) is 30.8 Å². The van der Waals surface area contributed by atoms with Crippen LogP contribution in [0.2, 0.25) is 0 Å². The topological polar surface area (TPSA) is 320 Å². The molecule has 21 heteroatoms. The number of hydrazine groups is 1. The molecule has 1 fully saturated rings. The number of alkyl carbamates (subject to hydrolysis) is 1. The zero-order valence-corrected chi connectivity index (χ0v) is 32.5. The van der Waals surface area contributed by atoms with E-state index in [0.29, 0.717) is 12.0 Å². The Morgan fingerprint density at radius 3 is 1.83 bits per heavy atom. The quantitative estimate of drug-likeness (QED) is 0.0489. The molecule has 21 nitrogen and oxygen atoms in total. The Bertz CT molecular complexity index is 1810. The summed E-state index contributed by atoms with van der Waals surface area (Å²) in [4.78, 5) is 114. The van der Waals surface area contributed by atoms with Gasteiger partial charge in [-0.2, -0.15) is 0 Å². The van der Waals surface area contributed by atoms with Crippen molar-refractivity contribution in [3.63, 3.8) is 0 Å². The second kappa shape index (κ2) is 23.0. The largest absolute Gasteiger partial charge is 0.481 e. The SMILES string of the molecule is CC[C@H](C)[C@H](NC(=O)OCc1ccccc1)C(=O)N[C@@H](CCC(=O)O)C(=O)N[C@H](C(=O)N[C@@H](CC(=O)O)C(=O)NNC(=O)C1OC1C(=O)NCc1ccccc1)[C@@H](C)O. The number of carbonyl (C=O) groups excluding carboxylic acids is 7. The summed E-state index contributed by atoms with van der Waals surface area (Å²) in [6.45, 7) is 4.51. The molecular weight excluding hydrogens is 778 g/mol. The minimum atomic E-state index is -1.89. The van der Waals surface area contributed by atoms with E-state index >= 15 is 0 Å². The number of hydrogen-bond acceptors (Lipinski definition) is 12. The third-order valence-corrected chi connectivity index (χ3v) is 8.96. The molecule has 0 bridgehead atoms. The fourth-order valence-electron chi connectivity index (χ4n) is 5.37. The van der Waals surface area contributed by atoms with Crippen LogP contribution < -0.4 is 37.4 Å². The Morgan fingerprint density at radius 2 is 1.25 bits per heavy atom. The van der Waals surface area contributed by atoms with E-state index in [0.717, 1.165) is 12.5 Å². The molecular formula is C38H49N7O14. The molecule has 2 aromatic carbocycles. The Kier molecular flexibility index (Phi) is 18.2. The van der Waals surface area contributed by atoms with Gasteiger partial charge in [-0.25, -0.2) is 4.79 Å². The first-order valence-electron chi connectivity index (χ1n) is 18.6. The van der Waals surface area contributed by atoms with Crippen LogP contribution in [0.3, 0.4) is 0 Å². The lowest BCUT2D eigenvalue weighted by Gasteiger charge is -2.28. The lowest BCUT2D eigenvalue weighted by atomic mass is 9.97. The maximum Gasteiger partial charge on any atom is 0.408 e. The Morgan fingerprint density at radius 1 is 0.678 bits per heavy atom. The van der Waals surface area contributed by atoms with Gasteiger partial charge in [0.25, 0.3) is 17.7 Å². The third kappa shape index (κ3) is 15.7. The van der Waals surface area contributed by atoms with Crippen LogP contribution in [-0.2, 0) is 61.0 Å². The number of aliphatic carboxylic acids is 2. The first-order chi connectivity index (χ1) is 28.0. The van der Waals surface area contributed by atoms with Crippen molar-refractivity contribution >= 4 is 53.5 Å². The molecule has 8 atom stereocenters. The van der Waals surface area contributed by atoms with Crippen molar-refractivity contribution in [3.05, 3.63) is 71.8 Å². The first-order valence-corrected chi connectivity index (χ1v) is 18.6. The van der Waals surface area contributed by atoms with Crippen molar-refractivity contribution in [1.82, 2.24) is 37.4 Å². The van der Waals surface area contributed by atoms with E-state index in [1.165, 1.54) is 0 Å². The second-order valence-electron chi connectivity index (χ2n) is 13.6. The summed E-state index contributed by atoms with van der Waals surface area (Å²) in [6, 6.07) is 10.9. The number of ether oxygens (including phenoxy) is 2. The second-order valence-corrected chi connectivity index (χ2v) is 13.6. The van der Waals surface area contributed by atoms with Gasteiger partial charge in [-0.05, 0) is 30.4 Å². The van der Waals surface area contributed by atoms with Gasteiger partial charge in [-0.3, -0.25) is 49.2 Å². The van der Waals surface area contributed by atoms with Crippen LogP contribution in [0.1, 0.15) is 57.6 Å². The Labute approximate surface area is 338 Å². The molecule has 2 aromatic rings. The molecule has 0 spiro atoms. The van der Waals surface area contributed by atoms with Crippen LogP contribution in [-0.4, -0.2) is 111 Å². The predicted octanol–water partition coefficient (Wildman–Crippen LogP) is -1.27. The van der Waals surface area contributed by atoms with Crippen LogP contribution >= 0.6 is 0 Å². The molecule has 320 valence electrons. The van der Waals surface area contributed by atoms with Gasteiger partial charge < -0.3 is 51.4 Å². The molecule has 1 aliphatic rings. The van der Waals surface area contributed by atoms with Crippen LogP contribution in [0.25, 0.3) is 0 Å². The van der Waals surface area contributed by atoms with E-state index in [2.05, 4.69) is 26.6 Å². The van der Waals surface area contributed by atoms with Gasteiger partial charge in [-0.1, -0.05) is 80.9 Å². The summed E-state index contributed by atoms with van der Waals surface area (Å²) in [5.41, 5.74) is 5.40. The molecule has 3 rings (SSSR count). The lowest BCUT2D eigenvalue weighted by Crippen LogP contribution is -2.61.